The second-order valence-electron chi connectivity index (χ2n) is 4.15. The molecule has 105 valence electrons. The fraction of sp³-hybridized carbons (Fsp3) is 0. The summed E-state index contributed by atoms with van der Waals surface area (Å²) >= 11 is -2.61. The average Bonchev–Trinajstić information content (AvgIpc) is 2.56. The molecule has 0 radical (unpaired) electrons. The van der Waals surface area contributed by atoms with Crippen molar-refractivity contribution >= 4 is 13.4 Å². The number of halogens is 1. The van der Waals surface area contributed by atoms with Gasteiger partial charge in [-0.2, -0.15) is 0 Å². The van der Waals surface area contributed by atoms with E-state index in [4.69, 9.17) is 0 Å². The van der Waals surface area contributed by atoms with Crippen LogP contribution in [0.25, 0.3) is 0 Å². The molecule has 0 N–H and O–H groups in total. The van der Waals surface area contributed by atoms with Crippen LogP contribution in [0.5, 0.6) is 0 Å². The van der Waals surface area contributed by atoms with E-state index in [-0.39, 0.29) is 0 Å². The first kappa shape index (κ1) is 13.1. The first-order valence-electron chi connectivity index (χ1n) is 6.30. The van der Waals surface area contributed by atoms with Crippen molar-refractivity contribution in [2.75, 3.05) is 0 Å². The van der Waals surface area contributed by atoms with Gasteiger partial charge in [-0.3, -0.25) is 0 Å². The Hall–Kier alpha value is -1.89. The van der Waals surface area contributed by atoms with Crippen molar-refractivity contribution < 1.29 is 16.9 Å². The molecular weight excluding hydrogens is 299 g/mol. The molecule has 0 aliphatic carbocycles. The molecule has 0 unspecified atom stereocenters. The summed E-state index contributed by atoms with van der Waals surface area (Å²) in [6.07, 6.45) is 0. The van der Waals surface area contributed by atoms with Crippen LogP contribution in [0.3, 0.4) is 0 Å². The predicted octanol–water partition coefficient (Wildman–Crippen LogP) is 3.00. The van der Waals surface area contributed by atoms with E-state index in [0.717, 1.165) is 13.4 Å². The van der Waals surface area contributed by atoms with Crippen LogP contribution in [0.15, 0.2) is 91.0 Å². The summed E-state index contributed by atoms with van der Waals surface area (Å²) < 4.78 is 18.3. The minimum absolute atomic E-state index is 0.728. The van der Waals surface area contributed by atoms with Gasteiger partial charge >= 0.3 is 121 Å². The molecule has 0 spiro atoms. The molecule has 0 heterocycles. The van der Waals surface area contributed by atoms with Gasteiger partial charge in [-0.1, -0.05) is 0 Å². The van der Waals surface area contributed by atoms with Gasteiger partial charge in [0.1, 0.15) is 0 Å². The van der Waals surface area contributed by atoms with E-state index in [1.165, 1.54) is 0 Å². The molecule has 0 aromatic heterocycles. The summed E-state index contributed by atoms with van der Waals surface area (Å²) in [5.74, 6) is 0. The van der Waals surface area contributed by atoms with Crippen molar-refractivity contribution in [3.05, 3.63) is 91.0 Å². The molecule has 0 aliphatic heterocycles. The maximum absolute atomic E-state index is 16.1. The Bertz CT molecular complexity index is 569. The third-order valence-electron chi connectivity index (χ3n) is 2.84. The van der Waals surface area contributed by atoms with Gasteiger partial charge in [0, 0.05) is 0 Å². The van der Waals surface area contributed by atoms with Gasteiger partial charge < -0.3 is 0 Å². The fourth-order valence-electron chi connectivity index (χ4n) is 1.92. The van der Waals surface area contributed by atoms with Crippen LogP contribution < -0.4 is 13.4 Å². The molecule has 0 bridgehead atoms. The van der Waals surface area contributed by atoms with Gasteiger partial charge in [0.15, 0.2) is 0 Å². The van der Waals surface area contributed by atoms with Crippen LogP contribution in [-0.4, -0.2) is 0 Å². The minimum atomic E-state index is -2.61. The zero-order chi connectivity index (χ0) is 13.8. The Kier molecular flexibility index (Phi) is 3.68. The van der Waals surface area contributed by atoms with E-state index in [1.54, 1.807) is 0 Å². The summed E-state index contributed by atoms with van der Waals surface area (Å²) in [7, 11) is 0. The van der Waals surface area contributed by atoms with Crippen LogP contribution >= 0.6 is 0 Å². The molecule has 20 heavy (non-hydrogen) atoms. The molecule has 0 saturated carbocycles. The quantitative estimate of drug-likeness (QED) is 0.652. The zero-order valence-corrected chi connectivity index (χ0v) is 11.8. The van der Waals surface area contributed by atoms with Gasteiger partial charge in [-0.15, -0.1) is 0 Å². The standard InChI is InChI=1S/3C6H5.Cu.FH/c3*1-2-4-6-5-3-1;;/h3*1-5H;;1H/q;;;+1;/p-1. The third kappa shape index (κ3) is 2.29. The molecule has 3 aromatic carbocycles. The van der Waals surface area contributed by atoms with E-state index in [9.17, 15) is 0 Å². The van der Waals surface area contributed by atoms with Crippen molar-refractivity contribution in [1.29, 1.82) is 0 Å². The molecule has 3 rings (SSSR count). The Labute approximate surface area is 121 Å². The number of rotatable bonds is 3. The Morgan fingerprint density at radius 1 is 0.450 bits per heavy atom. The second-order valence-corrected chi connectivity index (χ2v) is 7.02. The third-order valence-corrected chi connectivity index (χ3v) is 6.03. The number of hydrogen-bond donors (Lipinski definition) is 0. The Morgan fingerprint density at radius 2 is 0.700 bits per heavy atom. The first-order chi connectivity index (χ1) is 9.82. The summed E-state index contributed by atoms with van der Waals surface area (Å²) in [6.45, 7) is 0. The van der Waals surface area contributed by atoms with E-state index in [0.29, 0.717) is 0 Å². The summed E-state index contributed by atoms with van der Waals surface area (Å²) in [5, 5.41) is 0. The number of hydrogen-bond acceptors (Lipinski definition) is 0. The molecule has 0 nitrogen and oxygen atoms in total. The second kappa shape index (κ2) is 5.62. The van der Waals surface area contributed by atoms with Crippen LogP contribution in [-0.2, 0) is 13.3 Å². The molecule has 3 aromatic rings. The van der Waals surface area contributed by atoms with Crippen molar-refractivity contribution in [3.63, 3.8) is 0 Å². The van der Waals surface area contributed by atoms with Crippen molar-refractivity contribution in [1.82, 2.24) is 0 Å². The molecule has 0 fully saturated rings. The van der Waals surface area contributed by atoms with Gasteiger partial charge in [0.2, 0.25) is 0 Å². The van der Waals surface area contributed by atoms with Gasteiger partial charge in [-0.25, -0.2) is 0 Å². The van der Waals surface area contributed by atoms with E-state index in [2.05, 4.69) is 0 Å². The topological polar surface area (TPSA) is 0 Å². The van der Waals surface area contributed by atoms with Crippen LogP contribution in [0.2, 0.25) is 0 Å². The number of benzene rings is 3. The molecule has 2 heteroatoms. The van der Waals surface area contributed by atoms with Gasteiger partial charge in [-0.05, 0) is 0 Å². The van der Waals surface area contributed by atoms with Crippen molar-refractivity contribution in [2.45, 2.75) is 0 Å². The van der Waals surface area contributed by atoms with Crippen molar-refractivity contribution in [2.24, 2.45) is 0 Å². The van der Waals surface area contributed by atoms with Crippen LogP contribution in [0, 0.1) is 0 Å². The average molecular weight is 314 g/mol. The van der Waals surface area contributed by atoms with E-state index in [1.807, 2.05) is 91.0 Å². The van der Waals surface area contributed by atoms with E-state index < -0.39 is 13.3 Å². The maximum atomic E-state index is 16.1. The van der Waals surface area contributed by atoms with Crippen molar-refractivity contribution in [3.8, 4) is 0 Å². The van der Waals surface area contributed by atoms with Crippen LogP contribution in [0.1, 0.15) is 0 Å². The summed E-state index contributed by atoms with van der Waals surface area (Å²) in [5.41, 5.74) is 0. The van der Waals surface area contributed by atoms with Gasteiger partial charge in [0.05, 0.1) is 0 Å². The first-order valence-corrected chi connectivity index (χ1v) is 8.07. The molecule has 0 amide bonds. The molecule has 0 saturated heterocycles. The van der Waals surface area contributed by atoms with Gasteiger partial charge in [0.25, 0.3) is 0 Å². The summed E-state index contributed by atoms with van der Waals surface area (Å²) in [6, 6.07) is 28.3. The summed E-state index contributed by atoms with van der Waals surface area (Å²) in [4.78, 5) is 0. The SMILES string of the molecule is [F][Cu]([c]1ccccc1)([c]1ccccc1)[c]1ccccc1. The molecular formula is C18H15CuF. The Morgan fingerprint density at radius 3 is 0.950 bits per heavy atom. The van der Waals surface area contributed by atoms with E-state index >= 15 is 3.55 Å². The zero-order valence-electron chi connectivity index (χ0n) is 10.8. The Balaban J connectivity index is 2.24. The normalized spacial score (nSPS) is 12.1. The fourth-order valence-corrected chi connectivity index (χ4v) is 4.70. The molecule has 0 atom stereocenters. The molecule has 0 aliphatic rings. The predicted molar refractivity (Wildman–Crippen MR) is 79.3 cm³/mol. The monoisotopic (exact) mass is 313 g/mol. The van der Waals surface area contributed by atoms with Crippen LogP contribution in [0.4, 0.5) is 3.55 Å².